The van der Waals surface area contributed by atoms with Crippen LogP contribution in [0.25, 0.3) is 0 Å². The number of nitro groups is 1. The predicted molar refractivity (Wildman–Crippen MR) is 109 cm³/mol. The molecule has 0 aliphatic carbocycles. The molecule has 0 aliphatic heterocycles. The third kappa shape index (κ3) is 5.67. The number of aliphatic imine (C=N–C) groups is 1. The molecule has 0 saturated carbocycles. The van der Waals surface area contributed by atoms with E-state index in [1.54, 1.807) is 24.9 Å². The molecule has 0 spiro atoms. The summed E-state index contributed by atoms with van der Waals surface area (Å²) >= 11 is 0. The minimum atomic E-state index is -0.569. The van der Waals surface area contributed by atoms with Crippen molar-refractivity contribution in [1.82, 2.24) is 14.5 Å². The summed E-state index contributed by atoms with van der Waals surface area (Å²) in [4.78, 5) is 39.2. The molecule has 0 unspecified atom stereocenters. The Balaban J connectivity index is 2.01. The molecular formula is C18H25N7O4. The predicted octanol–water partition coefficient (Wildman–Crippen LogP) is 1.41. The SMILES string of the molecule is CC(C)N=C(N)CCNC(=O)c1cc(NC(=O)c2cc([N+](=O)[O-])cn2C)cn1C. The van der Waals surface area contributed by atoms with Crippen molar-refractivity contribution in [2.45, 2.75) is 26.3 Å². The summed E-state index contributed by atoms with van der Waals surface area (Å²) in [7, 11) is 3.21. The fourth-order valence-corrected chi connectivity index (χ4v) is 2.72. The number of aryl methyl sites for hydroxylation is 2. The number of carbonyl (C=O) groups is 2. The molecule has 0 aromatic carbocycles. The third-order valence-corrected chi connectivity index (χ3v) is 4.02. The molecule has 2 rings (SSSR count). The van der Waals surface area contributed by atoms with Gasteiger partial charge in [-0.25, -0.2) is 0 Å². The first kappa shape index (κ1) is 21.7. The molecule has 0 saturated heterocycles. The highest BCUT2D eigenvalue weighted by Crippen LogP contribution is 2.18. The van der Waals surface area contributed by atoms with E-state index in [0.717, 1.165) is 0 Å². The first-order chi connectivity index (χ1) is 13.6. The topological polar surface area (TPSA) is 150 Å². The monoisotopic (exact) mass is 403 g/mol. The van der Waals surface area contributed by atoms with Gasteiger partial charge in [0.05, 0.1) is 22.6 Å². The van der Waals surface area contributed by atoms with Crippen LogP contribution in [0.4, 0.5) is 11.4 Å². The highest BCUT2D eigenvalue weighted by molar-refractivity contribution is 6.04. The van der Waals surface area contributed by atoms with Gasteiger partial charge in [-0.15, -0.1) is 0 Å². The van der Waals surface area contributed by atoms with Gasteiger partial charge in [0.15, 0.2) is 0 Å². The van der Waals surface area contributed by atoms with E-state index in [2.05, 4.69) is 15.6 Å². The van der Waals surface area contributed by atoms with Crippen molar-refractivity contribution in [3.05, 3.63) is 46.0 Å². The molecule has 2 aromatic rings. The van der Waals surface area contributed by atoms with Crippen LogP contribution >= 0.6 is 0 Å². The van der Waals surface area contributed by atoms with Crippen molar-refractivity contribution in [1.29, 1.82) is 0 Å². The number of hydrogen-bond donors (Lipinski definition) is 3. The van der Waals surface area contributed by atoms with Crippen molar-refractivity contribution >= 4 is 29.0 Å². The number of amides is 2. The molecule has 0 radical (unpaired) electrons. The lowest BCUT2D eigenvalue weighted by atomic mass is 10.3. The maximum atomic E-state index is 12.4. The first-order valence-corrected chi connectivity index (χ1v) is 8.97. The summed E-state index contributed by atoms with van der Waals surface area (Å²) in [5.41, 5.74) is 6.47. The Morgan fingerprint density at radius 2 is 1.79 bits per heavy atom. The summed E-state index contributed by atoms with van der Waals surface area (Å²) in [5.74, 6) is -0.368. The average molecular weight is 403 g/mol. The third-order valence-electron chi connectivity index (χ3n) is 4.02. The van der Waals surface area contributed by atoms with Crippen LogP contribution in [0.15, 0.2) is 29.5 Å². The molecule has 0 aliphatic rings. The summed E-state index contributed by atoms with van der Waals surface area (Å²) in [6, 6.07) is 2.81. The van der Waals surface area contributed by atoms with E-state index < -0.39 is 10.8 Å². The van der Waals surface area contributed by atoms with Crippen molar-refractivity contribution in [3.8, 4) is 0 Å². The Hall–Kier alpha value is -3.63. The smallest absolute Gasteiger partial charge is 0.287 e. The van der Waals surface area contributed by atoms with Crippen molar-refractivity contribution < 1.29 is 14.5 Å². The van der Waals surface area contributed by atoms with Gasteiger partial charge < -0.3 is 25.5 Å². The number of rotatable bonds is 8. The number of anilines is 1. The second-order valence-corrected chi connectivity index (χ2v) is 6.85. The molecule has 0 atom stereocenters. The molecule has 4 N–H and O–H groups in total. The van der Waals surface area contributed by atoms with Crippen molar-refractivity contribution in [2.75, 3.05) is 11.9 Å². The first-order valence-electron chi connectivity index (χ1n) is 8.97. The molecule has 29 heavy (non-hydrogen) atoms. The average Bonchev–Trinajstić information content (AvgIpc) is 3.17. The largest absolute Gasteiger partial charge is 0.387 e. The van der Waals surface area contributed by atoms with Crippen LogP contribution < -0.4 is 16.4 Å². The van der Waals surface area contributed by atoms with Gasteiger partial charge in [0.1, 0.15) is 11.4 Å². The lowest BCUT2D eigenvalue weighted by molar-refractivity contribution is -0.384. The molecule has 156 valence electrons. The van der Waals surface area contributed by atoms with Gasteiger partial charge >= 0.3 is 0 Å². The zero-order valence-corrected chi connectivity index (χ0v) is 16.8. The number of hydrogen-bond acceptors (Lipinski definition) is 5. The Bertz CT molecular complexity index is 956. The lowest BCUT2D eigenvalue weighted by Gasteiger charge is -2.06. The molecule has 2 aromatic heterocycles. The van der Waals surface area contributed by atoms with E-state index in [9.17, 15) is 19.7 Å². The van der Waals surface area contributed by atoms with Gasteiger partial charge in [-0.2, -0.15) is 0 Å². The van der Waals surface area contributed by atoms with Gasteiger partial charge in [-0.3, -0.25) is 24.7 Å². The van der Waals surface area contributed by atoms with E-state index in [-0.39, 0.29) is 23.3 Å². The van der Waals surface area contributed by atoms with Crippen LogP contribution in [-0.2, 0) is 14.1 Å². The molecule has 2 amide bonds. The van der Waals surface area contributed by atoms with Crippen LogP contribution in [-0.4, -0.2) is 44.3 Å². The second-order valence-electron chi connectivity index (χ2n) is 6.85. The summed E-state index contributed by atoms with van der Waals surface area (Å²) in [5, 5.41) is 16.2. The van der Waals surface area contributed by atoms with Gasteiger partial charge in [-0.1, -0.05) is 0 Å². The summed E-state index contributed by atoms with van der Waals surface area (Å²) < 4.78 is 2.94. The molecule has 0 bridgehead atoms. The fraction of sp³-hybridized carbons (Fsp3) is 0.389. The number of amidine groups is 1. The number of nitrogens with one attached hydrogen (secondary N) is 2. The molecule has 0 fully saturated rings. The second kappa shape index (κ2) is 9.04. The highest BCUT2D eigenvalue weighted by atomic mass is 16.6. The summed E-state index contributed by atoms with van der Waals surface area (Å²) in [6.07, 6.45) is 3.27. The van der Waals surface area contributed by atoms with E-state index in [1.807, 2.05) is 13.8 Å². The minimum absolute atomic E-state index is 0.0930. The maximum Gasteiger partial charge on any atom is 0.287 e. The Morgan fingerprint density at radius 3 is 2.38 bits per heavy atom. The van der Waals surface area contributed by atoms with Crippen molar-refractivity contribution in [2.24, 2.45) is 24.8 Å². The Labute approximate surface area is 167 Å². The molecule has 11 heteroatoms. The number of nitrogens with zero attached hydrogens (tertiary/aromatic N) is 4. The van der Waals surface area contributed by atoms with Crippen LogP contribution in [0.5, 0.6) is 0 Å². The lowest BCUT2D eigenvalue weighted by Crippen LogP contribution is -2.29. The summed E-state index contributed by atoms with van der Waals surface area (Å²) in [6.45, 7) is 4.17. The highest BCUT2D eigenvalue weighted by Gasteiger charge is 2.19. The number of nitrogens with two attached hydrogens (primary N) is 1. The fourth-order valence-electron chi connectivity index (χ4n) is 2.72. The van der Waals surface area contributed by atoms with Crippen molar-refractivity contribution in [3.63, 3.8) is 0 Å². The van der Waals surface area contributed by atoms with Crippen LogP contribution in [0, 0.1) is 10.1 Å². The molecule has 2 heterocycles. The molecule has 11 nitrogen and oxygen atoms in total. The van der Waals surface area contributed by atoms with E-state index >= 15 is 0 Å². The van der Waals surface area contributed by atoms with E-state index in [1.165, 1.54) is 22.9 Å². The van der Waals surface area contributed by atoms with Crippen LogP contribution in [0.3, 0.4) is 0 Å². The molecular weight excluding hydrogens is 378 g/mol. The minimum Gasteiger partial charge on any atom is -0.387 e. The van der Waals surface area contributed by atoms with Gasteiger partial charge in [0, 0.05) is 45.4 Å². The van der Waals surface area contributed by atoms with E-state index in [4.69, 9.17) is 5.73 Å². The Kier molecular flexibility index (Phi) is 6.75. The van der Waals surface area contributed by atoms with Crippen LogP contribution in [0.2, 0.25) is 0 Å². The van der Waals surface area contributed by atoms with Crippen LogP contribution in [0.1, 0.15) is 41.2 Å². The standard InChI is InChI=1S/C18H25N7O4/c1-11(2)21-16(19)5-6-20-17(26)14-7-12(9-23(14)3)22-18(27)15-8-13(25(28)29)10-24(15)4/h7-11H,5-6H2,1-4H3,(H2,19,21)(H,20,26)(H,22,27). The zero-order valence-electron chi connectivity index (χ0n) is 16.8. The van der Waals surface area contributed by atoms with E-state index in [0.29, 0.717) is 30.2 Å². The van der Waals surface area contributed by atoms with Gasteiger partial charge in [0.2, 0.25) is 0 Å². The Morgan fingerprint density at radius 1 is 1.17 bits per heavy atom. The van der Waals surface area contributed by atoms with Gasteiger partial charge in [0.25, 0.3) is 17.5 Å². The maximum absolute atomic E-state index is 12.4. The van der Waals surface area contributed by atoms with Gasteiger partial charge in [-0.05, 0) is 19.9 Å². The number of carbonyl (C=O) groups excluding carboxylic acids is 2. The normalized spacial score (nSPS) is 11.6. The quantitative estimate of drug-likeness (QED) is 0.264. The number of aromatic nitrogens is 2. The zero-order chi connectivity index (χ0) is 21.7.